The van der Waals surface area contributed by atoms with Crippen LogP contribution in [0.4, 0.5) is 0 Å². The van der Waals surface area contributed by atoms with Crippen LogP contribution < -0.4 is 0 Å². The predicted octanol–water partition coefficient (Wildman–Crippen LogP) is 21.0. The third-order valence-electron chi connectivity index (χ3n) is 16.5. The number of phosphoric ester groups is 2. The number of rotatable bonds is 70. The number of carbonyl (C=O) groups is 4. The highest BCUT2D eigenvalue weighted by Crippen LogP contribution is 2.45. The second kappa shape index (κ2) is 64.2. The van der Waals surface area contributed by atoms with Crippen LogP contribution in [-0.2, 0) is 65.4 Å². The van der Waals surface area contributed by atoms with Gasteiger partial charge in [-0.2, -0.15) is 0 Å². The van der Waals surface area contributed by atoms with Gasteiger partial charge in [0.15, 0.2) is 12.2 Å². The van der Waals surface area contributed by atoms with E-state index in [1.165, 1.54) is 141 Å². The number of aliphatic hydroxyl groups is 1. The molecule has 17 nitrogen and oxygen atoms in total. The number of phosphoric acid groups is 2. The molecule has 548 valence electrons. The molecule has 0 saturated carbocycles. The van der Waals surface area contributed by atoms with Crippen LogP contribution in [-0.4, -0.2) is 96.7 Å². The Hall–Kier alpha value is -2.46. The normalized spacial score (nSPS) is 14.3. The molecular formula is C74H140O17P2. The van der Waals surface area contributed by atoms with Crippen LogP contribution in [0.1, 0.15) is 350 Å². The van der Waals surface area contributed by atoms with Gasteiger partial charge in [0.2, 0.25) is 0 Å². The van der Waals surface area contributed by atoms with E-state index in [-0.39, 0.29) is 25.7 Å². The Labute approximate surface area is 567 Å². The molecule has 0 bridgehead atoms. The number of carbonyl (C=O) groups excluding carboxylic acids is 4. The first-order valence-electron chi connectivity index (χ1n) is 37.7. The van der Waals surface area contributed by atoms with Crippen molar-refractivity contribution in [3.63, 3.8) is 0 Å². The first-order valence-corrected chi connectivity index (χ1v) is 40.7. The fourth-order valence-electron chi connectivity index (χ4n) is 10.7. The molecule has 0 amide bonds. The van der Waals surface area contributed by atoms with Crippen LogP contribution in [0.25, 0.3) is 0 Å². The third kappa shape index (κ3) is 67.9. The van der Waals surface area contributed by atoms with Gasteiger partial charge in [0.1, 0.15) is 19.3 Å². The van der Waals surface area contributed by atoms with E-state index in [0.29, 0.717) is 31.6 Å². The molecule has 0 aliphatic rings. The highest BCUT2D eigenvalue weighted by atomic mass is 31.2. The van der Waals surface area contributed by atoms with Crippen molar-refractivity contribution in [2.24, 2.45) is 17.8 Å². The van der Waals surface area contributed by atoms with Gasteiger partial charge < -0.3 is 33.8 Å². The second-order valence-corrected chi connectivity index (χ2v) is 30.3. The highest BCUT2D eigenvalue weighted by Gasteiger charge is 2.30. The molecule has 5 atom stereocenters. The van der Waals surface area contributed by atoms with Gasteiger partial charge in [0.05, 0.1) is 26.4 Å². The van der Waals surface area contributed by atoms with Crippen molar-refractivity contribution in [3.05, 3.63) is 24.3 Å². The van der Waals surface area contributed by atoms with Crippen molar-refractivity contribution in [3.8, 4) is 0 Å². The molecule has 0 radical (unpaired) electrons. The van der Waals surface area contributed by atoms with Gasteiger partial charge in [-0.25, -0.2) is 9.13 Å². The summed E-state index contributed by atoms with van der Waals surface area (Å²) in [6.45, 7) is 11.8. The van der Waals surface area contributed by atoms with Crippen LogP contribution >= 0.6 is 15.6 Å². The summed E-state index contributed by atoms with van der Waals surface area (Å²) in [6, 6.07) is 0. The monoisotopic (exact) mass is 1360 g/mol. The summed E-state index contributed by atoms with van der Waals surface area (Å²) in [5.41, 5.74) is 0. The largest absolute Gasteiger partial charge is 0.472 e. The lowest BCUT2D eigenvalue weighted by atomic mass is 10.0. The van der Waals surface area contributed by atoms with Gasteiger partial charge in [-0.1, -0.05) is 297 Å². The van der Waals surface area contributed by atoms with E-state index >= 15 is 0 Å². The molecular weight excluding hydrogens is 1220 g/mol. The molecule has 0 aromatic carbocycles. The Morgan fingerprint density at radius 3 is 0.871 bits per heavy atom. The van der Waals surface area contributed by atoms with Crippen LogP contribution in [0.5, 0.6) is 0 Å². The maximum Gasteiger partial charge on any atom is 0.472 e. The van der Waals surface area contributed by atoms with Crippen LogP contribution in [0, 0.1) is 17.8 Å². The standard InChI is InChI=1S/C74H140O17P2/c1-8-9-10-11-12-13-14-15-16-17-22-28-35-43-50-57-73(78)90-69(61-84-71(76)55-48-41-34-27-23-18-20-25-31-38-45-52-65(2)3)63-88-92(80,81)86-59-68(75)60-87-93(82,83)89-64-70(62-85-72(77)56-49-42-37-30-33-40-47-54-67(6)7)91-74(79)58-51-44-36-29-24-19-21-26-32-39-46-53-66(4)5/h13-16,65-70,75H,8-12,17-64H2,1-7H3,(H,80,81)(H,82,83)/b14-13-,16-15-/t68?,69-,70-/m1/s1. The zero-order valence-corrected chi connectivity index (χ0v) is 62.0. The van der Waals surface area contributed by atoms with Crippen LogP contribution in [0.2, 0.25) is 0 Å². The molecule has 3 N–H and O–H groups in total. The number of ether oxygens (including phenoxy) is 4. The van der Waals surface area contributed by atoms with Crippen LogP contribution in [0.15, 0.2) is 24.3 Å². The van der Waals surface area contributed by atoms with Crippen molar-refractivity contribution in [1.82, 2.24) is 0 Å². The quantitative estimate of drug-likeness (QED) is 0.0169. The summed E-state index contributed by atoms with van der Waals surface area (Å²) in [5, 5.41) is 10.6. The van der Waals surface area contributed by atoms with E-state index in [0.717, 1.165) is 121 Å². The minimum atomic E-state index is -4.96. The number of aliphatic hydroxyl groups excluding tert-OH is 1. The van der Waals surface area contributed by atoms with E-state index in [4.69, 9.17) is 37.0 Å². The van der Waals surface area contributed by atoms with Crippen molar-refractivity contribution >= 4 is 39.5 Å². The van der Waals surface area contributed by atoms with Gasteiger partial charge in [0.25, 0.3) is 0 Å². The lowest BCUT2D eigenvalue weighted by molar-refractivity contribution is -0.161. The average Bonchev–Trinajstić information content (AvgIpc) is 2.42. The molecule has 0 aliphatic heterocycles. The molecule has 0 aromatic heterocycles. The van der Waals surface area contributed by atoms with Gasteiger partial charge >= 0.3 is 39.5 Å². The zero-order valence-electron chi connectivity index (χ0n) is 60.2. The Kier molecular flexibility index (Phi) is 62.5. The Morgan fingerprint density at radius 2 is 0.581 bits per heavy atom. The van der Waals surface area contributed by atoms with E-state index < -0.39 is 97.5 Å². The van der Waals surface area contributed by atoms with Crippen molar-refractivity contribution in [1.29, 1.82) is 0 Å². The minimum Gasteiger partial charge on any atom is -0.462 e. The molecule has 0 fully saturated rings. The number of esters is 4. The Balaban J connectivity index is 5.30. The van der Waals surface area contributed by atoms with Crippen molar-refractivity contribution < 1.29 is 80.2 Å². The number of hydrogen-bond acceptors (Lipinski definition) is 15. The molecule has 0 aromatic rings. The molecule has 0 rings (SSSR count). The lowest BCUT2D eigenvalue weighted by Gasteiger charge is -2.21. The fraction of sp³-hybridized carbons (Fsp3) is 0.892. The maximum absolute atomic E-state index is 13.1. The van der Waals surface area contributed by atoms with E-state index in [1.54, 1.807) is 0 Å². The number of unbranched alkanes of at least 4 members (excludes halogenated alkanes) is 35. The van der Waals surface area contributed by atoms with Gasteiger partial charge in [-0.15, -0.1) is 0 Å². The Bertz CT molecular complexity index is 1910. The summed E-state index contributed by atoms with van der Waals surface area (Å²) in [7, 11) is -9.92. The second-order valence-electron chi connectivity index (χ2n) is 27.4. The molecule has 0 aliphatic carbocycles. The summed E-state index contributed by atoms with van der Waals surface area (Å²) in [6.07, 6.45) is 52.2. The first kappa shape index (κ1) is 90.5. The average molecular weight is 1360 g/mol. The van der Waals surface area contributed by atoms with Gasteiger partial charge in [0, 0.05) is 25.7 Å². The summed E-state index contributed by atoms with van der Waals surface area (Å²) in [5.74, 6) is 0.0838. The zero-order chi connectivity index (χ0) is 68.7. The molecule has 0 saturated heterocycles. The number of allylic oxidation sites excluding steroid dienone is 4. The molecule has 0 heterocycles. The topological polar surface area (TPSA) is 237 Å². The third-order valence-corrected chi connectivity index (χ3v) is 18.4. The van der Waals surface area contributed by atoms with E-state index in [1.807, 2.05) is 0 Å². The molecule has 93 heavy (non-hydrogen) atoms. The van der Waals surface area contributed by atoms with Crippen molar-refractivity contribution in [2.75, 3.05) is 39.6 Å². The smallest absolute Gasteiger partial charge is 0.462 e. The predicted molar refractivity (Wildman–Crippen MR) is 377 cm³/mol. The van der Waals surface area contributed by atoms with E-state index in [2.05, 4.69) is 72.8 Å². The Morgan fingerprint density at radius 1 is 0.333 bits per heavy atom. The van der Waals surface area contributed by atoms with E-state index in [9.17, 15) is 43.2 Å². The molecule has 19 heteroatoms. The van der Waals surface area contributed by atoms with Crippen molar-refractivity contribution in [2.45, 2.75) is 369 Å². The van der Waals surface area contributed by atoms with Gasteiger partial charge in [-0.3, -0.25) is 37.3 Å². The molecule has 3 unspecified atom stereocenters. The SMILES string of the molecule is CCCCCC/C=C\C=C/CCCCCCCC(=O)O[C@H](COC(=O)CCCCCCCCCCCCCC(C)C)COP(=O)(O)OCC(O)COP(=O)(O)OC[C@@H](COC(=O)CCCCCCCCCC(C)C)OC(=O)CCCCCCCCCCCCCC(C)C. The summed E-state index contributed by atoms with van der Waals surface area (Å²) in [4.78, 5) is 72.7. The van der Waals surface area contributed by atoms with Crippen LogP contribution in [0.3, 0.4) is 0 Å². The minimum absolute atomic E-state index is 0.0845. The first-order chi connectivity index (χ1) is 44.7. The number of hydrogen-bond donors (Lipinski definition) is 3. The summed E-state index contributed by atoms with van der Waals surface area (Å²) >= 11 is 0. The maximum atomic E-state index is 13.1. The highest BCUT2D eigenvalue weighted by molar-refractivity contribution is 7.47. The lowest BCUT2D eigenvalue weighted by Crippen LogP contribution is -2.30. The van der Waals surface area contributed by atoms with Gasteiger partial charge in [-0.05, 0) is 69.1 Å². The summed E-state index contributed by atoms with van der Waals surface area (Å²) < 4.78 is 68.4. The molecule has 0 spiro atoms. The fourth-order valence-corrected chi connectivity index (χ4v) is 12.3.